The summed E-state index contributed by atoms with van der Waals surface area (Å²) in [5, 5.41) is 7.09. The van der Waals surface area contributed by atoms with Crippen LogP contribution in [0.1, 0.15) is 36.0 Å². The van der Waals surface area contributed by atoms with Gasteiger partial charge in [-0.1, -0.05) is 21.1 Å². The zero-order valence-electron chi connectivity index (χ0n) is 11.2. The van der Waals surface area contributed by atoms with Gasteiger partial charge in [-0.25, -0.2) is 0 Å². The van der Waals surface area contributed by atoms with E-state index in [0.29, 0.717) is 18.4 Å². The number of hydrogen-bond acceptors (Lipinski definition) is 5. The highest BCUT2D eigenvalue weighted by atomic mass is 79.9. The van der Waals surface area contributed by atoms with Gasteiger partial charge in [0.1, 0.15) is 5.75 Å². The van der Waals surface area contributed by atoms with Crippen molar-refractivity contribution in [3.05, 3.63) is 40.0 Å². The highest BCUT2D eigenvalue weighted by Crippen LogP contribution is 2.38. The maximum absolute atomic E-state index is 5.70. The lowest BCUT2D eigenvalue weighted by molar-refractivity contribution is 0.242. The van der Waals surface area contributed by atoms with Crippen LogP contribution in [-0.2, 0) is 13.2 Å². The van der Waals surface area contributed by atoms with Crippen LogP contribution in [0.2, 0.25) is 0 Å². The van der Waals surface area contributed by atoms with E-state index in [1.54, 1.807) is 0 Å². The Kier molecular flexibility index (Phi) is 4.03. The number of ether oxygens (including phenoxy) is 1. The third-order valence-corrected chi connectivity index (χ3v) is 3.95. The first kappa shape index (κ1) is 13.6. The molecule has 3 rings (SSSR count). The van der Waals surface area contributed by atoms with Gasteiger partial charge >= 0.3 is 0 Å². The fraction of sp³-hybridized carbons (Fsp3) is 0.429. The van der Waals surface area contributed by atoms with E-state index < -0.39 is 0 Å². The number of aromatic nitrogens is 2. The molecule has 1 fully saturated rings. The van der Waals surface area contributed by atoms with Crippen LogP contribution >= 0.6 is 15.9 Å². The molecule has 0 spiro atoms. The average molecular weight is 338 g/mol. The molecule has 0 atom stereocenters. The van der Waals surface area contributed by atoms with Gasteiger partial charge < -0.3 is 14.6 Å². The summed E-state index contributed by atoms with van der Waals surface area (Å²) < 4.78 is 11.9. The van der Waals surface area contributed by atoms with Gasteiger partial charge in [0.05, 0.1) is 0 Å². The van der Waals surface area contributed by atoms with Gasteiger partial charge in [0, 0.05) is 16.9 Å². The van der Waals surface area contributed by atoms with Gasteiger partial charge in [-0.3, -0.25) is 0 Å². The van der Waals surface area contributed by atoms with E-state index >= 15 is 0 Å². The van der Waals surface area contributed by atoms with Crippen molar-refractivity contribution >= 4 is 15.9 Å². The monoisotopic (exact) mass is 337 g/mol. The minimum atomic E-state index is 0.306. The lowest BCUT2D eigenvalue weighted by atomic mass is 10.2. The molecule has 1 aromatic carbocycles. The lowest BCUT2D eigenvalue weighted by Crippen LogP contribution is -2.06. The molecule has 5 nitrogen and oxygen atoms in total. The number of benzene rings is 1. The van der Waals surface area contributed by atoms with Crippen LogP contribution in [0.3, 0.4) is 0 Å². The summed E-state index contributed by atoms with van der Waals surface area (Å²) >= 11 is 3.52. The molecule has 1 aliphatic carbocycles. The summed E-state index contributed by atoms with van der Waals surface area (Å²) in [6.45, 7) is 1.09. The van der Waals surface area contributed by atoms with E-state index in [2.05, 4.69) is 31.4 Å². The number of hydrogen-bond donors (Lipinski definition) is 1. The van der Waals surface area contributed by atoms with Crippen LogP contribution in [0, 0.1) is 0 Å². The predicted octanol–water partition coefficient (Wildman–Crippen LogP) is 3.01. The normalized spacial score (nSPS) is 14.5. The van der Waals surface area contributed by atoms with Crippen molar-refractivity contribution in [3.8, 4) is 5.75 Å². The van der Waals surface area contributed by atoms with Gasteiger partial charge in [-0.15, -0.1) is 0 Å². The molecule has 2 aromatic rings. The minimum absolute atomic E-state index is 0.306. The predicted molar refractivity (Wildman–Crippen MR) is 77.5 cm³/mol. The van der Waals surface area contributed by atoms with Crippen LogP contribution < -0.4 is 10.1 Å². The van der Waals surface area contributed by atoms with Crippen LogP contribution in [0.15, 0.2) is 27.2 Å². The van der Waals surface area contributed by atoms with Crippen LogP contribution in [0.5, 0.6) is 5.75 Å². The Morgan fingerprint density at radius 1 is 1.45 bits per heavy atom. The molecular formula is C14H16BrN3O2. The third kappa shape index (κ3) is 3.19. The van der Waals surface area contributed by atoms with Crippen molar-refractivity contribution in [2.45, 2.75) is 31.9 Å². The van der Waals surface area contributed by atoms with Gasteiger partial charge in [0.2, 0.25) is 0 Å². The molecule has 6 heteroatoms. The molecule has 1 aromatic heterocycles. The summed E-state index contributed by atoms with van der Waals surface area (Å²) in [7, 11) is 1.91. The second-order valence-corrected chi connectivity index (χ2v) is 5.75. The first-order valence-electron chi connectivity index (χ1n) is 6.64. The zero-order chi connectivity index (χ0) is 13.9. The standard InChI is InChI=1S/C14H16BrN3O2/c1-16-7-10-6-11(4-5-12(10)15)19-8-13-17-14(18-20-13)9-2-3-9/h4-6,9,16H,2-3,7-8H2,1H3. The summed E-state index contributed by atoms with van der Waals surface area (Å²) in [5.41, 5.74) is 1.15. The molecule has 0 radical (unpaired) electrons. The Labute approximate surface area is 125 Å². The molecule has 0 unspecified atom stereocenters. The first-order valence-corrected chi connectivity index (χ1v) is 7.44. The number of nitrogens with one attached hydrogen (secondary N) is 1. The van der Waals surface area contributed by atoms with E-state index in [-0.39, 0.29) is 0 Å². The first-order chi connectivity index (χ1) is 9.76. The second-order valence-electron chi connectivity index (χ2n) is 4.89. The molecule has 0 saturated heterocycles. The lowest BCUT2D eigenvalue weighted by Gasteiger charge is -2.08. The third-order valence-electron chi connectivity index (χ3n) is 3.17. The maximum atomic E-state index is 5.70. The topological polar surface area (TPSA) is 60.2 Å². The molecule has 20 heavy (non-hydrogen) atoms. The van der Waals surface area contributed by atoms with E-state index in [9.17, 15) is 0 Å². The Hall–Kier alpha value is -1.40. The summed E-state index contributed by atoms with van der Waals surface area (Å²) in [4.78, 5) is 4.34. The van der Waals surface area contributed by atoms with E-state index in [1.807, 2.05) is 25.2 Å². The Morgan fingerprint density at radius 2 is 2.30 bits per heavy atom. The minimum Gasteiger partial charge on any atom is -0.484 e. The molecule has 1 aliphatic rings. The Balaban J connectivity index is 1.63. The van der Waals surface area contributed by atoms with Gasteiger partial charge in [-0.05, 0) is 43.7 Å². The van der Waals surface area contributed by atoms with Crippen LogP contribution in [-0.4, -0.2) is 17.2 Å². The SMILES string of the molecule is CNCc1cc(OCc2nc(C3CC3)no2)ccc1Br. The maximum Gasteiger partial charge on any atom is 0.264 e. The van der Waals surface area contributed by atoms with Crippen molar-refractivity contribution in [1.29, 1.82) is 0 Å². The van der Waals surface area contributed by atoms with E-state index in [0.717, 1.165) is 28.2 Å². The molecule has 0 aliphatic heterocycles. The van der Waals surface area contributed by atoms with Crippen molar-refractivity contribution in [2.75, 3.05) is 7.05 Å². The largest absolute Gasteiger partial charge is 0.484 e. The van der Waals surface area contributed by atoms with Crippen molar-refractivity contribution < 1.29 is 9.26 Å². The average Bonchev–Trinajstić information content (AvgIpc) is 3.19. The fourth-order valence-electron chi connectivity index (χ4n) is 1.95. The van der Waals surface area contributed by atoms with E-state index in [4.69, 9.17) is 9.26 Å². The quantitative estimate of drug-likeness (QED) is 0.877. The Morgan fingerprint density at radius 3 is 3.05 bits per heavy atom. The van der Waals surface area contributed by atoms with Gasteiger partial charge in [0.15, 0.2) is 12.4 Å². The number of nitrogens with zero attached hydrogens (tertiary/aromatic N) is 2. The molecule has 1 N–H and O–H groups in total. The summed E-state index contributed by atoms with van der Waals surface area (Å²) in [5.74, 6) is 2.65. The molecule has 106 valence electrons. The van der Waals surface area contributed by atoms with Crippen molar-refractivity contribution in [2.24, 2.45) is 0 Å². The number of rotatable bonds is 6. The molecule has 0 bridgehead atoms. The fourth-order valence-corrected chi connectivity index (χ4v) is 2.33. The zero-order valence-corrected chi connectivity index (χ0v) is 12.8. The molecule has 0 amide bonds. The van der Waals surface area contributed by atoms with Crippen LogP contribution in [0.25, 0.3) is 0 Å². The summed E-state index contributed by atoms with van der Waals surface area (Å²) in [6.07, 6.45) is 2.33. The summed E-state index contributed by atoms with van der Waals surface area (Å²) in [6, 6.07) is 5.89. The van der Waals surface area contributed by atoms with Crippen molar-refractivity contribution in [1.82, 2.24) is 15.5 Å². The molecule has 1 saturated carbocycles. The Bertz CT molecular complexity index is 596. The second kappa shape index (κ2) is 5.93. The highest BCUT2D eigenvalue weighted by Gasteiger charge is 2.28. The van der Waals surface area contributed by atoms with E-state index in [1.165, 1.54) is 12.8 Å². The van der Waals surface area contributed by atoms with Gasteiger partial charge in [0.25, 0.3) is 5.89 Å². The molecule has 1 heterocycles. The van der Waals surface area contributed by atoms with Crippen molar-refractivity contribution in [3.63, 3.8) is 0 Å². The van der Waals surface area contributed by atoms with Crippen LogP contribution in [0.4, 0.5) is 0 Å². The number of halogens is 1. The van der Waals surface area contributed by atoms with Gasteiger partial charge in [-0.2, -0.15) is 4.98 Å². The molecular weight excluding hydrogens is 322 g/mol. The smallest absolute Gasteiger partial charge is 0.264 e. The highest BCUT2D eigenvalue weighted by molar-refractivity contribution is 9.10.